The summed E-state index contributed by atoms with van der Waals surface area (Å²) in [5.41, 5.74) is 2.14. The van der Waals surface area contributed by atoms with Crippen LogP contribution in [0, 0.1) is 17.5 Å². The number of hydrogen-bond donors (Lipinski definition) is 1. The van der Waals surface area contributed by atoms with Crippen LogP contribution in [0.2, 0.25) is 0 Å². The van der Waals surface area contributed by atoms with E-state index >= 15 is 0 Å². The Morgan fingerprint density at radius 3 is 2.00 bits per heavy atom. The van der Waals surface area contributed by atoms with E-state index in [1.165, 1.54) is 48.5 Å². The first-order chi connectivity index (χ1) is 15.4. The number of rotatable bonds is 3. The number of hydrogen-bond acceptors (Lipinski definition) is 3. The van der Waals surface area contributed by atoms with Gasteiger partial charge in [0.25, 0.3) is 0 Å². The molecule has 0 aliphatic heterocycles. The molecule has 32 heavy (non-hydrogen) atoms. The summed E-state index contributed by atoms with van der Waals surface area (Å²) in [6, 6.07) is 16.5. The molecule has 156 valence electrons. The van der Waals surface area contributed by atoms with E-state index in [0.717, 1.165) is 6.07 Å². The number of fused-ring (bicyclic) bond motifs is 2. The van der Waals surface area contributed by atoms with Gasteiger partial charge in [0.05, 0.1) is 28.0 Å². The van der Waals surface area contributed by atoms with Crippen LogP contribution in [0.5, 0.6) is 0 Å². The molecule has 3 aromatic carbocycles. The topological polar surface area (TPSA) is 63.1 Å². The van der Waals surface area contributed by atoms with Crippen molar-refractivity contribution in [3.63, 3.8) is 0 Å². The predicted molar refractivity (Wildman–Crippen MR) is 115 cm³/mol. The van der Waals surface area contributed by atoms with Gasteiger partial charge in [0.15, 0.2) is 0 Å². The third-order valence-electron chi connectivity index (χ3n) is 5.17. The lowest BCUT2D eigenvalue weighted by Crippen LogP contribution is -2.01. The van der Waals surface area contributed by atoms with Crippen LogP contribution in [0.3, 0.4) is 0 Å². The quantitative estimate of drug-likeness (QED) is 0.368. The Bertz CT molecular complexity index is 1550. The minimum atomic E-state index is -1.25. The molecule has 5 rings (SSSR count). The van der Waals surface area contributed by atoms with Crippen LogP contribution in [0.25, 0.3) is 44.3 Å². The van der Waals surface area contributed by atoms with Crippen molar-refractivity contribution < 1.29 is 23.1 Å². The van der Waals surface area contributed by atoms with Crippen LogP contribution in [0.15, 0.2) is 72.8 Å². The summed E-state index contributed by atoms with van der Waals surface area (Å²) >= 11 is 0. The van der Waals surface area contributed by atoms with E-state index in [-0.39, 0.29) is 22.2 Å². The minimum absolute atomic E-state index is 0.141. The van der Waals surface area contributed by atoms with Gasteiger partial charge in [-0.3, -0.25) is 0 Å². The Morgan fingerprint density at radius 1 is 0.688 bits per heavy atom. The molecule has 0 saturated heterocycles. The van der Waals surface area contributed by atoms with Gasteiger partial charge in [0, 0.05) is 21.9 Å². The molecule has 0 aliphatic rings. The number of aromatic nitrogens is 2. The predicted octanol–water partition coefficient (Wildman–Crippen LogP) is 6.23. The van der Waals surface area contributed by atoms with E-state index in [1.54, 1.807) is 18.2 Å². The Morgan fingerprint density at radius 2 is 1.31 bits per heavy atom. The van der Waals surface area contributed by atoms with Crippen molar-refractivity contribution >= 4 is 27.8 Å². The van der Waals surface area contributed by atoms with Gasteiger partial charge in [0.2, 0.25) is 0 Å². The Kier molecular flexibility index (Phi) is 4.59. The molecule has 0 bridgehead atoms. The third kappa shape index (κ3) is 3.43. The maximum atomic E-state index is 14.1. The molecule has 5 aromatic rings. The lowest BCUT2D eigenvalue weighted by atomic mass is 9.99. The van der Waals surface area contributed by atoms with Crippen molar-refractivity contribution in [1.29, 1.82) is 0 Å². The van der Waals surface area contributed by atoms with E-state index in [2.05, 4.69) is 9.97 Å². The zero-order valence-corrected chi connectivity index (χ0v) is 16.3. The molecule has 0 radical (unpaired) electrons. The fraction of sp³-hybridized carbons (Fsp3) is 0. The molecule has 4 nitrogen and oxygen atoms in total. The third-order valence-corrected chi connectivity index (χ3v) is 5.17. The molecule has 2 heterocycles. The molecule has 7 heteroatoms. The number of pyridine rings is 2. The van der Waals surface area contributed by atoms with Crippen molar-refractivity contribution in [2.45, 2.75) is 0 Å². The second-order valence-corrected chi connectivity index (χ2v) is 7.25. The van der Waals surface area contributed by atoms with Crippen molar-refractivity contribution in [2.24, 2.45) is 0 Å². The van der Waals surface area contributed by atoms with Crippen LogP contribution in [-0.4, -0.2) is 21.0 Å². The zero-order chi connectivity index (χ0) is 22.4. The highest BCUT2D eigenvalue weighted by molar-refractivity contribution is 6.05. The molecule has 0 amide bonds. The van der Waals surface area contributed by atoms with Crippen LogP contribution < -0.4 is 0 Å². The van der Waals surface area contributed by atoms with Crippen molar-refractivity contribution in [1.82, 2.24) is 9.97 Å². The van der Waals surface area contributed by atoms with Gasteiger partial charge >= 0.3 is 5.97 Å². The Labute approximate surface area is 179 Å². The number of nitrogens with zero attached hydrogens (tertiary/aromatic N) is 2. The maximum absolute atomic E-state index is 14.1. The number of benzene rings is 3. The summed E-state index contributed by atoms with van der Waals surface area (Å²) in [6.45, 7) is 0. The maximum Gasteiger partial charge on any atom is 0.336 e. The van der Waals surface area contributed by atoms with E-state index in [0.29, 0.717) is 27.7 Å². The average molecular weight is 430 g/mol. The van der Waals surface area contributed by atoms with Crippen molar-refractivity contribution in [3.8, 4) is 22.5 Å². The Hall–Kier alpha value is -4.26. The molecule has 0 saturated carbocycles. The average Bonchev–Trinajstić information content (AvgIpc) is 2.77. The number of carboxylic acids is 1. The van der Waals surface area contributed by atoms with Gasteiger partial charge in [-0.2, -0.15) is 0 Å². The van der Waals surface area contributed by atoms with Crippen LogP contribution in [0.4, 0.5) is 13.2 Å². The van der Waals surface area contributed by atoms with E-state index in [1.807, 2.05) is 0 Å². The Balaban J connectivity index is 1.85. The molecule has 0 atom stereocenters. The van der Waals surface area contributed by atoms with Crippen LogP contribution in [-0.2, 0) is 0 Å². The zero-order valence-electron chi connectivity index (χ0n) is 16.3. The van der Waals surface area contributed by atoms with E-state index in [9.17, 15) is 23.1 Å². The first-order valence-corrected chi connectivity index (χ1v) is 9.59. The number of aromatic carboxylic acids is 1. The van der Waals surface area contributed by atoms with Gasteiger partial charge < -0.3 is 5.11 Å². The first kappa shape index (κ1) is 19.7. The lowest BCUT2D eigenvalue weighted by molar-refractivity contribution is 0.0699. The SMILES string of the molecule is O=C(O)c1cc(-c2cc(-c3cccc(F)c3)nc3ccc(F)cc23)nc2ccc(F)cc12. The highest BCUT2D eigenvalue weighted by Crippen LogP contribution is 2.34. The van der Waals surface area contributed by atoms with Crippen LogP contribution >= 0.6 is 0 Å². The standard InChI is InChI=1S/C25H13F3N2O2/c26-14-3-1-2-13(8-14)23-11-19(17-9-15(27)4-6-21(17)29-23)24-12-20(25(31)32)18-10-16(28)5-7-22(18)30-24/h1-12H,(H,31,32). The van der Waals surface area contributed by atoms with Gasteiger partial charge in [-0.15, -0.1) is 0 Å². The number of carbonyl (C=O) groups is 1. The second-order valence-electron chi connectivity index (χ2n) is 7.25. The molecule has 0 fully saturated rings. The molecule has 1 N–H and O–H groups in total. The molecule has 0 unspecified atom stereocenters. The largest absolute Gasteiger partial charge is 0.478 e. The van der Waals surface area contributed by atoms with E-state index < -0.39 is 23.4 Å². The molecule has 0 spiro atoms. The first-order valence-electron chi connectivity index (χ1n) is 9.59. The van der Waals surface area contributed by atoms with Gasteiger partial charge in [-0.05, 0) is 60.7 Å². The number of carboxylic acid groups (broad SMARTS) is 1. The summed E-state index contributed by atoms with van der Waals surface area (Å²) in [5, 5.41) is 10.3. The van der Waals surface area contributed by atoms with Crippen molar-refractivity contribution in [3.05, 3.63) is 95.8 Å². The summed E-state index contributed by atoms with van der Waals surface area (Å²) in [6.07, 6.45) is 0. The van der Waals surface area contributed by atoms with Gasteiger partial charge in [-0.25, -0.2) is 27.9 Å². The summed E-state index contributed by atoms with van der Waals surface area (Å²) in [4.78, 5) is 20.9. The monoisotopic (exact) mass is 430 g/mol. The second kappa shape index (κ2) is 7.46. The smallest absolute Gasteiger partial charge is 0.336 e. The highest BCUT2D eigenvalue weighted by Gasteiger charge is 2.17. The van der Waals surface area contributed by atoms with E-state index in [4.69, 9.17) is 0 Å². The van der Waals surface area contributed by atoms with Crippen LogP contribution in [0.1, 0.15) is 10.4 Å². The van der Waals surface area contributed by atoms with Gasteiger partial charge in [0.1, 0.15) is 17.5 Å². The molecule has 0 aliphatic carbocycles. The molecular weight excluding hydrogens is 417 g/mol. The fourth-order valence-corrected chi connectivity index (χ4v) is 3.72. The highest BCUT2D eigenvalue weighted by atomic mass is 19.1. The minimum Gasteiger partial charge on any atom is -0.478 e. The fourth-order valence-electron chi connectivity index (χ4n) is 3.72. The lowest BCUT2D eigenvalue weighted by Gasteiger charge is -2.12. The van der Waals surface area contributed by atoms with Crippen molar-refractivity contribution in [2.75, 3.05) is 0 Å². The summed E-state index contributed by atoms with van der Waals surface area (Å²) in [7, 11) is 0. The molecule has 2 aromatic heterocycles. The summed E-state index contributed by atoms with van der Waals surface area (Å²) < 4.78 is 41.6. The normalized spacial score (nSPS) is 11.2. The summed E-state index contributed by atoms with van der Waals surface area (Å²) in [5.74, 6) is -2.78. The van der Waals surface area contributed by atoms with Gasteiger partial charge in [-0.1, -0.05) is 12.1 Å². The molecular formula is C25H13F3N2O2. The number of halogens is 3.